The van der Waals surface area contributed by atoms with Crippen LogP contribution in [0, 0.1) is 13.8 Å². The molecule has 0 N–H and O–H groups in total. The molecule has 2 aromatic rings. The first-order valence-electron chi connectivity index (χ1n) is 8.68. The molecule has 1 fully saturated rings. The molecular weight excluding hydrogens is 314 g/mol. The van der Waals surface area contributed by atoms with Gasteiger partial charge in [-0.15, -0.1) is 0 Å². The molecule has 2 aromatic carbocycles. The molecule has 1 heterocycles. The number of hydrogen-bond acceptors (Lipinski definition) is 3. The molecule has 4 heteroatoms. The summed E-state index contributed by atoms with van der Waals surface area (Å²) in [5.74, 6) is -0.597. The molecule has 0 bridgehead atoms. The Hall–Kier alpha value is -2.62. The van der Waals surface area contributed by atoms with Gasteiger partial charge in [-0.05, 0) is 38.3 Å². The molecule has 3 rings (SSSR count). The van der Waals surface area contributed by atoms with Crippen molar-refractivity contribution >= 4 is 11.9 Å². The molecule has 0 saturated carbocycles. The highest BCUT2D eigenvalue weighted by Crippen LogP contribution is 2.25. The Morgan fingerprint density at radius 2 is 1.68 bits per heavy atom. The van der Waals surface area contributed by atoms with Gasteiger partial charge in [-0.3, -0.25) is 4.79 Å². The zero-order valence-corrected chi connectivity index (χ0v) is 14.7. The van der Waals surface area contributed by atoms with Gasteiger partial charge in [0.15, 0.2) is 0 Å². The highest BCUT2D eigenvalue weighted by Gasteiger charge is 2.31. The predicted molar refractivity (Wildman–Crippen MR) is 96.3 cm³/mol. The van der Waals surface area contributed by atoms with E-state index in [-0.39, 0.29) is 5.91 Å². The molecule has 1 amide bonds. The van der Waals surface area contributed by atoms with E-state index in [1.807, 2.05) is 56.3 Å². The van der Waals surface area contributed by atoms with Gasteiger partial charge >= 0.3 is 5.97 Å². The first-order chi connectivity index (χ1) is 12.1. The molecule has 1 aliphatic heterocycles. The van der Waals surface area contributed by atoms with Crippen LogP contribution in [-0.2, 0) is 9.53 Å². The zero-order valence-electron chi connectivity index (χ0n) is 14.7. The minimum absolute atomic E-state index is 0.137. The first-order valence-corrected chi connectivity index (χ1v) is 8.68. The average molecular weight is 337 g/mol. The molecule has 1 saturated heterocycles. The number of carbonyl (C=O) groups is 2. The van der Waals surface area contributed by atoms with Gasteiger partial charge in [0.05, 0.1) is 5.56 Å². The molecule has 0 aromatic heterocycles. The predicted octanol–water partition coefficient (Wildman–Crippen LogP) is 3.82. The van der Waals surface area contributed by atoms with E-state index in [2.05, 4.69) is 0 Å². The first kappa shape index (κ1) is 17.2. The molecule has 1 atom stereocenters. The average Bonchev–Trinajstić information content (AvgIpc) is 3.14. The minimum atomic E-state index is -0.896. The van der Waals surface area contributed by atoms with Crippen LogP contribution in [-0.4, -0.2) is 29.9 Å². The molecule has 0 spiro atoms. The third kappa shape index (κ3) is 3.90. The van der Waals surface area contributed by atoms with E-state index in [4.69, 9.17) is 4.74 Å². The van der Waals surface area contributed by atoms with E-state index in [9.17, 15) is 9.59 Å². The van der Waals surface area contributed by atoms with Gasteiger partial charge in [-0.1, -0.05) is 48.0 Å². The summed E-state index contributed by atoms with van der Waals surface area (Å²) in [6, 6.07) is 14.8. The monoisotopic (exact) mass is 337 g/mol. The molecule has 4 nitrogen and oxygen atoms in total. The molecule has 0 aliphatic carbocycles. The summed E-state index contributed by atoms with van der Waals surface area (Å²) in [4.78, 5) is 27.4. The fourth-order valence-electron chi connectivity index (χ4n) is 3.21. The topological polar surface area (TPSA) is 46.6 Å². The molecule has 0 unspecified atom stereocenters. The second kappa shape index (κ2) is 7.51. The number of benzene rings is 2. The van der Waals surface area contributed by atoms with Gasteiger partial charge < -0.3 is 9.64 Å². The van der Waals surface area contributed by atoms with Crippen LogP contribution in [0.25, 0.3) is 0 Å². The van der Waals surface area contributed by atoms with Crippen LogP contribution < -0.4 is 0 Å². The fourth-order valence-corrected chi connectivity index (χ4v) is 3.21. The van der Waals surface area contributed by atoms with Gasteiger partial charge in [0, 0.05) is 18.7 Å². The Kier molecular flexibility index (Phi) is 5.17. The van der Waals surface area contributed by atoms with Crippen molar-refractivity contribution in [1.82, 2.24) is 4.90 Å². The maximum atomic E-state index is 12.9. The number of rotatable bonds is 4. The second-order valence-electron chi connectivity index (χ2n) is 6.55. The third-order valence-electron chi connectivity index (χ3n) is 4.57. The SMILES string of the molecule is Cc1ccc(C(=O)O[C@@H](C(=O)N2CCCC2)c2ccccc2)c(C)c1. The highest BCUT2D eigenvalue weighted by atomic mass is 16.5. The van der Waals surface area contributed by atoms with Crippen molar-refractivity contribution in [3.05, 3.63) is 70.8 Å². The van der Waals surface area contributed by atoms with Gasteiger partial charge in [0.2, 0.25) is 6.10 Å². The van der Waals surface area contributed by atoms with E-state index >= 15 is 0 Å². The highest BCUT2D eigenvalue weighted by molar-refractivity contribution is 5.94. The van der Waals surface area contributed by atoms with E-state index in [1.165, 1.54) is 0 Å². The van der Waals surface area contributed by atoms with Crippen LogP contribution in [0.2, 0.25) is 0 Å². The lowest BCUT2D eigenvalue weighted by atomic mass is 10.1. The summed E-state index contributed by atoms with van der Waals surface area (Å²) >= 11 is 0. The van der Waals surface area contributed by atoms with Crippen molar-refractivity contribution < 1.29 is 14.3 Å². The number of ether oxygens (including phenoxy) is 1. The summed E-state index contributed by atoms with van der Waals surface area (Å²) in [6.07, 6.45) is 1.10. The molecule has 25 heavy (non-hydrogen) atoms. The van der Waals surface area contributed by atoms with Crippen LogP contribution in [0.3, 0.4) is 0 Å². The zero-order chi connectivity index (χ0) is 17.8. The number of aryl methyl sites for hydroxylation is 2. The van der Waals surface area contributed by atoms with Crippen LogP contribution in [0.1, 0.15) is 46.0 Å². The van der Waals surface area contributed by atoms with Crippen LogP contribution >= 0.6 is 0 Å². The Labute approximate surface area is 148 Å². The van der Waals surface area contributed by atoms with Gasteiger partial charge in [0.25, 0.3) is 5.91 Å². The molecule has 130 valence electrons. The van der Waals surface area contributed by atoms with Crippen molar-refractivity contribution in [1.29, 1.82) is 0 Å². The van der Waals surface area contributed by atoms with E-state index in [0.29, 0.717) is 11.1 Å². The maximum Gasteiger partial charge on any atom is 0.339 e. The van der Waals surface area contributed by atoms with Gasteiger partial charge in [0.1, 0.15) is 0 Å². The number of amides is 1. The summed E-state index contributed by atoms with van der Waals surface area (Å²) in [6.45, 7) is 5.31. The second-order valence-corrected chi connectivity index (χ2v) is 6.55. The van der Waals surface area contributed by atoms with Crippen LogP contribution in [0.5, 0.6) is 0 Å². The van der Waals surface area contributed by atoms with Gasteiger partial charge in [-0.25, -0.2) is 4.79 Å². The van der Waals surface area contributed by atoms with Crippen molar-refractivity contribution in [2.24, 2.45) is 0 Å². The lowest BCUT2D eigenvalue weighted by Crippen LogP contribution is -2.35. The number of hydrogen-bond donors (Lipinski definition) is 0. The van der Waals surface area contributed by atoms with Crippen LogP contribution in [0.15, 0.2) is 48.5 Å². The summed E-state index contributed by atoms with van der Waals surface area (Å²) in [5, 5.41) is 0. The fraction of sp³-hybridized carbons (Fsp3) is 0.333. The van der Waals surface area contributed by atoms with E-state index < -0.39 is 12.1 Å². The number of esters is 1. The quantitative estimate of drug-likeness (QED) is 0.797. The minimum Gasteiger partial charge on any atom is -0.444 e. The third-order valence-corrected chi connectivity index (χ3v) is 4.57. The van der Waals surface area contributed by atoms with E-state index in [1.54, 1.807) is 11.0 Å². The van der Waals surface area contributed by atoms with Crippen molar-refractivity contribution in [2.45, 2.75) is 32.8 Å². The van der Waals surface area contributed by atoms with Crippen LogP contribution in [0.4, 0.5) is 0 Å². The number of nitrogens with zero attached hydrogens (tertiary/aromatic N) is 1. The van der Waals surface area contributed by atoms with Crippen molar-refractivity contribution in [3.8, 4) is 0 Å². The molecule has 1 aliphatic rings. The Balaban J connectivity index is 1.86. The van der Waals surface area contributed by atoms with E-state index in [0.717, 1.165) is 37.1 Å². The lowest BCUT2D eigenvalue weighted by Gasteiger charge is -2.24. The number of carbonyl (C=O) groups excluding carboxylic acids is 2. The Bertz CT molecular complexity index is 764. The molecule has 0 radical (unpaired) electrons. The summed E-state index contributed by atoms with van der Waals surface area (Å²) < 4.78 is 5.69. The maximum absolute atomic E-state index is 12.9. The number of likely N-dealkylation sites (tertiary alicyclic amines) is 1. The largest absolute Gasteiger partial charge is 0.444 e. The Morgan fingerprint density at radius 1 is 1.00 bits per heavy atom. The normalized spacial score (nSPS) is 15.0. The lowest BCUT2D eigenvalue weighted by molar-refractivity contribution is -0.140. The van der Waals surface area contributed by atoms with Crippen molar-refractivity contribution in [3.63, 3.8) is 0 Å². The Morgan fingerprint density at radius 3 is 2.32 bits per heavy atom. The summed E-state index contributed by atoms with van der Waals surface area (Å²) in [5.41, 5.74) is 3.14. The molecular formula is C21H23NO3. The summed E-state index contributed by atoms with van der Waals surface area (Å²) in [7, 11) is 0. The smallest absolute Gasteiger partial charge is 0.339 e. The van der Waals surface area contributed by atoms with Crippen molar-refractivity contribution in [2.75, 3.05) is 13.1 Å². The standard InChI is InChI=1S/C21H23NO3/c1-15-10-11-18(16(2)14-15)21(24)25-19(17-8-4-3-5-9-17)20(23)22-12-6-7-13-22/h3-5,8-11,14,19H,6-7,12-13H2,1-2H3/t19-/m1/s1. The van der Waals surface area contributed by atoms with Gasteiger partial charge in [-0.2, -0.15) is 0 Å².